The first-order valence-electron chi connectivity index (χ1n) is 4.37. The van der Waals surface area contributed by atoms with Crippen LogP contribution < -0.4 is 5.73 Å². The molecular formula is C8H16N2O2. The van der Waals surface area contributed by atoms with Crippen LogP contribution in [0.25, 0.3) is 0 Å². The van der Waals surface area contributed by atoms with Crippen LogP contribution in [-0.2, 0) is 4.74 Å². The minimum absolute atomic E-state index is 0.237. The molecular weight excluding hydrogens is 156 g/mol. The minimum atomic E-state index is 0.237. The van der Waals surface area contributed by atoms with Gasteiger partial charge in [-0.3, -0.25) is 0 Å². The summed E-state index contributed by atoms with van der Waals surface area (Å²) in [5.74, 6) is 1.15. The smallest absolute Gasteiger partial charge is 0.141 e. The predicted molar refractivity (Wildman–Crippen MR) is 46.2 cm³/mol. The van der Waals surface area contributed by atoms with Crippen LogP contribution in [-0.4, -0.2) is 24.3 Å². The van der Waals surface area contributed by atoms with Crippen LogP contribution in [0.1, 0.15) is 25.7 Å². The van der Waals surface area contributed by atoms with Crippen molar-refractivity contribution in [1.29, 1.82) is 0 Å². The molecule has 0 spiro atoms. The molecule has 0 heterocycles. The summed E-state index contributed by atoms with van der Waals surface area (Å²) in [5.41, 5.74) is 5.25. The van der Waals surface area contributed by atoms with Crippen molar-refractivity contribution in [3.05, 3.63) is 0 Å². The van der Waals surface area contributed by atoms with Gasteiger partial charge in [0.15, 0.2) is 0 Å². The average Bonchev–Trinajstić information content (AvgIpc) is 2.87. The van der Waals surface area contributed by atoms with E-state index < -0.39 is 0 Å². The molecule has 1 aliphatic carbocycles. The van der Waals surface area contributed by atoms with E-state index in [1.165, 1.54) is 12.8 Å². The molecule has 0 aliphatic heterocycles. The third-order valence-electron chi connectivity index (χ3n) is 2.00. The van der Waals surface area contributed by atoms with E-state index in [0.29, 0.717) is 13.0 Å². The van der Waals surface area contributed by atoms with Gasteiger partial charge in [0, 0.05) is 13.0 Å². The molecule has 1 saturated carbocycles. The molecule has 0 saturated heterocycles. The summed E-state index contributed by atoms with van der Waals surface area (Å²) in [7, 11) is 0. The van der Waals surface area contributed by atoms with E-state index in [2.05, 4.69) is 5.16 Å². The lowest BCUT2D eigenvalue weighted by atomic mass is 10.3. The first-order chi connectivity index (χ1) is 5.83. The maximum Gasteiger partial charge on any atom is 0.141 e. The number of rotatable bonds is 6. The van der Waals surface area contributed by atoms with Gasteiger partial charge in [-0.05, 0) is 12.3 Å². The van der Waals surface area contributed by atoms with Crippen LogP contribution in [0.3, 0.4) is 0 Å². The highest BCUT2D eigenvalue weighted by Gasteiger charge is 2.20. The highest BCUT2D eigenvalue weighted by Crippen LogP contribution is 2.31. The van der Waals surface area contributed by atoms with Gasteiger partial charge in [0.2, 0.25) is 0 Å². The Morgan fingerprint density at radius 3 is 2.83 bits per heavy atom. The minimum Gasteiger partial charge on any atom is -0.409 e. The van der Waals surface area contributed by atoms with Crippen molar-refractivity contribution in [1.82, 2.24) is 0 Å². The first-order valence-corrected chi connectivity index (χ1v) is 4.37. The molecule has 0 amide bonds. The van der Waals surface area contributed by atoms with Gasteiger partial charge in [-0.1, -0.05) is 18.0 Å². The maximum atomic E-state index is 8.20. The highest BCUT2D eigenvalue weighted by atomic mass is 16.5. The Morgan fingerprint density at radius 2 is 2.25 bits per heavy atom. The van der Waals surface area contributed by atoms with Gasteiger partial charge in [0.25, 0.3) is 0 Å². The monoisotopic (exact) mass is 172 g/mol. The fourth-order valence-electron chi connectivity index (χ4n) is 0.985. The highest BCUT2D eigenvalue weighted by molar-refractivity contribution is 5.79. The van der Waals surface area contributed by atoms with Crippen molar-refractivity contribution in [2.45, 2.75) is 25.7 Å². The zero-order valence-corrected chi connectivity index (χ0v) is 7.20. The fourth-order valence-corrected chi connectivity index (χ4v) is 0.985. The summed E-state index contributed by atoms with van der Waals surface area (Å²) in [5, 5.41) is 11.0. The SMILES string of the molecule is NC(CCOCCC1CC1)=NO. The number of nitrogens with zero attached hydrogens (tertiary/aromatic N) is 1. The van der Waals surface area contributed by atoms with Gasteiger partial charge in [-0.15, -0.1) is 0 Å². The average molecular weight is 172 g/mol. The predicted octanol–water partition coefficient (Wildman–Crippen LogP) is 0.940. The van der Waals surface area contributed by atoms with Crippen molar-refractivity contribution in [2.75, 3.05) is 13.2 Å². The number of oxime groups is 1. The quantitative estimate of drug-likeness (QED) is 0.206. The van der Waals surface area contributed by atoms with Crippen LogP contribution in [0.15, 0.2) is 5.16 Å². The second-order valence-electron chi connectivity index (χ2n) is 3.19. The van der Waals surface area contributed by atoms with Crippen LogP contribution in [0.5, 0.6) is 0 Å². The molecule has 0 bridgehead atoms. The van der Waals surface area contributed by atoms with Crippen LogP contribution in [0, 0.1) is 5.92 Å². The third kappa shape index (κ3) is 4.18. The Labute approximate surface area is 72.4 Å². The van der Waals surface area contributed by atoms with Gasteiger partial charge in [-0.2, -0.15) is 0 Å². The Hall–Kier alpha value is -0.770. The molecule has 1 aliphatic rings. The van der Waals surface area contributed by atoms with E-state index >= 15 is 0 Å². The maximum absolute atomic E-state index is 8.20. The van der Waals surface area contributed by atoms with E-state index in [9.17, 15) is 0 Å². The van der Waals surface area contributed by atoms with E-state index in [-0.39, 0.29) is 5.84 Å². The first kappa shape index (κ1) is 9.32. The Kier molecular flexibility index (Phi) is 3.87. The number of hydrogen-bond donors (Lipinski definition) is 2. The fraction of sp³-hybridized carbons (Fsp3) is 0.875. The summed E-state index contributed by atoms with van der Waals surface area (Å²) in [6.07, 6.45) is 4.41. The van der Waals surface area contributed by atoms with Crippen molar-refractivity contribution < 1.29 is 9.94 Å². The Bertz CT molecular complexity index is 155. The third-order valence-corrected chi connectivity index (χ3v) is 2.00. The van der Waals surface area contributed by atoms with Crippen molar-refractivity contribution in [3.63, 3.8) is 0 Å². The molecule has 12 heavy (non-hydrogen) atoms. The molecule has 0 aromatic carbocycles. The van der Waals surface area contributed by atoms with Gasteiger partial charge in [0.1, 0.15) is 5.84 Å². The lowest BCUT2D eigenvalue weighted by molar-refractivity contribution is 0.134. The lowest BCUT2D eigenvalue weighted by Gasteiger charge is -2.01. The molecule has 0 unspecified atom stereocenters. The van der Waals surface area contributed by atoms with E-state index in [4.69, 9.17) is 15.7 Å². The Balaban J connectivity index is 1.81. The standard InChI is InChI=1S/C8H16N2O2/c9-8(10-11)4-6-12-5-3-7-1-2-7/h7,11H,1-6H2,(H2,9,10). The summed E-state index contributed by atoms with van der Waals surface area (Å²) >= 11 is 0. The second kappa shape index (κ2) is 4.98. The number of ether oxygens (including phenoxy) is 1. The van der Waals surface area contributed by atoms with Crippen molar-refractivity contribution >= 4 is 5.84 Å². The molecule has 4 nitrogen and oxygen atoms in total. The number of nitrogens with two attached hydrogens (primary N) is 1. The molecule has 0 atom stereocenters. The molecule has 0 radical (unpaired) electrons. The summed E-state index contributed by atoms with van der Waals surface area (Å²) in [6.45, 7) is 1.37. The molecule has 1 rings (SSSR count). The Morgan fingerprint density at radius 1 is 1.50 bits per heavy atom. The zero-order valence-electron chi connectivity index (χ0n) is 7.20. The van der Waals surface area contributed by atoms with Crippen LogP contribution >= 0.6 is 0 Å². The molecule has 0 aromatic rings. The molecule has 3 N–H and O–H groups in total. The van der Waals surface area contributed by atoms with Gasteiger partial charge in [-0.25, -0.2) is 0 Å². The normalized spacial score (nSPS) is 18.2. The van der Waals surface area contributed by atoms with E-state index in [0.717, 1.165) is 18.9 Å². The van der Waals surface area contributed by atoms with Gasteiger partial charge in [0.05, 0.1) is 6.61 Å². The zero-order chi connectivity index (χ0) is 8.81. The van der Waals surface area contributed by atoms with Crippen molar-refractivity contribution in [2.24, 2.45) is 16.8 Å². The molecule has 4 heteroatoms. The summed E-state index contributed by atoms with van der Waals surface area (Å²) < 4.78 is 5.28. The molecule has 1 fully saturated rings. The van der Waals surface area contributed by atoms with Crippen molar-refractivity contribution in [3.8, 4) is 0 Å². The van der Waals surface area contributed by atoms with Gasteiger partial charge >= 0.3 is 0 Å². The number of amidine groups is 1. The molecule has 0 aromatic heterocycles. The van der Waals surface area contributed by atoms with Gasteiger partial charge < -0.3 is 15.7 Å². The topological polar surface area (TPSA) is 67.8 Å². The van der Waals surface area contributed by atoms with Crippen LogP contribution in [0.2, 0.25) is 0 Å². The van der Waals surface area contributed by atoms with E-state index in [1.54, 1.807) is 0 Å². The molecule has 70 valence electrons. The lowest BCUT2D eigenvalue weighted by Crippen LogP contribution is -2.14. The van der Waals surface area contributed by atoms with Crippen LogP contribution in [0.4, 0.5) is 0 Å². The number of hydrogen-bond acceptors (Lipinski definition) is 3. The largest absolute Gasteiger partial charge is 0.409 e. The second-order valence-corrected chi connectivity index (χ2v) is 3.19. The van der Waals surface area contributed by atoms with E-state index in [1.807, 2.05) is 0 Å². The summed E-state index contributed by atoms with van der Waals surface area (Å²) in [4.78, 5) is 0. The summed E-state index contributed by atoms with van der Waals surface area (Å²) in [6, 6.07) is 0.